The van der Waals surface area contributed by atoms with Crippen LogP contribution in [-0.4, -0.2) is 60.9 Å². The Kier molecular flexibility index (Phi) is 8.67. The molecule has 8 heteroatoms. The Labute approximate surface area is 185 Å². The van der Waals surface area contributed by atoms with Crippen LogP contribution in [0.3, 0.4) is 0 Å². The molecule has 1 saturated heterocycles. The Morgan fingerprint density at radius 3 is 2.33 bits per heavy atom. The van der Waals surface area contributed by atoms with E-state index in [0.29, 0.717) is 18.7 Å². The van der Waals surface area contributed by atoms with Crippen LogP contribution in [0.1, 0.15) is 12.0 Å². The molecule has 0 atom stereocenters. The van der Waals surface area contributed by atoms with E-state index in [0.717, 1.165) is 37.2 Å². The lowest BCUT2D eigenvalue weighted by Gasteiger charge is -2.34. The normalized spacial score (nSPS) is 14.8. The fourth-order valence-corrected chi connectivity index (χ4v) is 3.59. The lowest BCUT2D eigenvalue weighted by atomic mass is 10.2. The maximum atomic E-state index is 12.0. The molecule has 1 aliphatic heterocycles. The molecular weight excluding hydrogens is 448 g/mol. The molecular formula is C22H27BrN4O3. The molecule has 2 amide bonds. The second-order valence-electron chi connectivity index (χ2n) is 7.20. The van der Waals surface area contributed by atoms with Crippen LogP contribution in [0.25, 0.3) is 0 Å². The highest BCUT2D eigenvalue weighted by Gasteiger charge is 2.17. The van der Waals surface area contributed by atoms with Gasteiger partial charge < -0.3 is 9.64 Å². The summed E-state index contributed by atoms with van der Waals surface area (Å²) in [5.74, 6) is -0.0346. The molecule has 160 valence electrons. The van der Waals surface area contributed by atoms with Crippen LogP contribution < -0.4 is 15.6 Å². The molecule has 0 aliphatic carbocycles. The van der Waals surface area contributed by atoms with E-state index in [1.807, 2.05) is 18.2 Å². The summed E-state index contributed by atoms with van der Waals surface area (Å²) in [4.78, 5) is 28.5. The first kappa shape index (κ1) is 22.3. The van der Waals surface area contributed by atoms with Gasteiger partial charge in [0.1, 0.15) is 5.75 Å². The van der Waals surface area contributed by atoms with Gasteiger partial charge in [-0.05, 0) is 23.8 Å². The van der Waals surface area contributed by atoms with Gasteiger partial charge in [-0.1, -0.05) is 52.3 Å². The molecule has 2 N–H and O–H groups in total. The molecule has 0 spiro atoms. The van der Waals surface area contributed by atoms with E-state index in [-0.39, 0.29) is 12.5 Å². The van der Waals surface area contributed by atoms with Gasteiger partial charge in [0.25, 0.3) is 5.91 Å². The van der Waals surface area contributed by atoms with E-state index >= 15 is 0 Å². The van der Waals surface area contributed by atoms with Crippen molar-refractivity contribution in [3.8, 4) is 5.75 Å². The number of piperazine rings is 1. The molecule has 1 fully saturated rings. The van der Waals surface area contributed by atoms with Crippen molar-refractivity contribution in [2.45, 2.75) is 13.0 Å². The van der Waals surface area contributed by atoms with Crippen molar-refractivity contribution in [2.24, 2.45) is 0 Å². The highest BCUT2D eigenvalue weighted by Crippen LogP contribution is 2.17. The maximum Gasteiger partial charge on any atom is 0.276 e. The minimum absolute atomic E-state index is 0.167. The SMILES string of the molecule is O=C(CCN1CCN(Cc2ccccc2)CC1)NNC(=O)COc1cccc(Br)c1. The first-order chi connectivity index (χ1) is 14.6. The van der Waals surface area contributed by atoms with Crippen LogP contribution in [0.5, 0.6) is 5.75 Å². The molecule has 0 unspecified atom stereocenters. The Bertz CT molecular complexity index is 826. The summed E-state index contributed by atoms with van der Waals surface area (Å²) in [5.41, 5.74) is 6.16. The van der Waals surface area contributed by atoms with Crippen molar-refractivity contribution >= 4 is 27.7 Å². The van der Waals surface area contributed by atoms with Crippen LogP contribution in [0.4, 0.5) is 0 Å². The van der Waals surface area contributed by atoms with E-state index in [9.17, 15) is 9.59 Å². The van der Waals surface area contributed by atoms with Crippen LogP contribution in [0.2, 0.25) is 0 Å². The predicted octanol–water partition coefficient (Wildman–Crippen LogP) is 2.18. The smallest absolute Gasteiger partial charge is 0.276 e. The van der Waals surface area contributed by atoms with Gasteiger partial charge in [-0.2, -0.15) is 0 Å². The van der Waals surface area contributed by atoms with E-state index in [2.05, 4.69) is 60.8 Å². The van der Waals surface area contributed by atoms with Gasteiger partial charge in [-0.3, -0.25) is 25.3 Å². The molecule has 30 heavy (non-hydrogen) atoms. The lowest BCUT2D eigenvalue weighted by molar-refractivity contribution is -0.130. The van der Waals surface area contributed by atoms with Gasteiger partial charge in [0.2, 0.25) is 5.91 Å². The van der Waals surface area contributed by atoms with E-state index in [4.69, 9.17) is 4.74 Å². The second kappa shape index (κ2) is 11.7. The van der Waals surface area contributed by atoms with Gasteiger partial charge >= 0.3 is 0 Å². The van der Waals surface area contributed by atoms with Crippen LogP contribution in [0.15, 0.2) is 59.1 Å². The topological polar surface area (TPSA) is 73.9 Å². The summed E-state index contributed by atoms with van der Waals surface area (Å²) in [6, 6.07) is 17.7. The van der Waals surface area contributed by atoms with Crippen molar-refractivity contribution in [2.75, 3.05) is 39.3 Å². The Hall–Kier alpha value is -2.42. The maximum absolute atomic E-state index is 12.0. The number of hydrazine groups is 1. The molecule has 0 saturated carbocycles. The average molecular weight is 475 g/mol. The van der Waals surface area contributed by atoms with E-state index in [1.54, 1.807) is 12.1 Å². The van der Waals surface area contributed by atoms with E-state index < -0.39 is 5.91 Å². The average Bonchev–Trinajstić information content (AvgIpc) is 2.76. The molecule has 2 aromatic carbocycles. The largest absolute Gasteiger partial charge is 0.484 e. The molecule has 0 bridgehead atoms. The number of hydrogen-bond donors (Lipinski definition) is 2. The number of ether oxygens (including phenoxy) is 1. The number of amides is 2. The molecule has 0 aromatic heterocycles. The van der Waals surface area contributed by atoms with Gasteiger partial charge in [-0.15, -0.1) is 0 Å². The zero-order chi connectivity index (χ0) is 21.2. The lowest BCUT2D eigenvalue weighted by Crippen LogP contribution is -2.48. The van der Waals surface area contributed by atoms with Gasteiger partial charge in [0.15, 0.2) is 6.61 Å². The highest BCUT2D eigenvalue weighted by atomic mass is 79.9. The number of rotatable bonds is 8. The molecule has 3 rings (SSSR count). The third-order valence-corrected chi connectivity index (χ3v) is 5.37. The number of nitrogens with zero attached hydrogens (tertiary/aromatic N) is 2. The third kappa shape index (κ3) is 7.78. The summed E-state index contributed by atoms with van der Waals surface area (Å²) in [6.07, 6.45) is 0.339. The summed E-state index contributed by atoms with van der Waals surface area (Å²) < 4.78 is 6.25. The molecule has 1 aliphatic rings. The predicted molar refractivity (Wildman–Crippen MR) is 119 cm³/mol. The fourth-order valence-electron chi connectivity index (χ4n) is 3.22. The summed E-state index contributed by atoms with van der Waals surface area (Å²) in [6.45, 7) is 5.32. The van der Waals surface area contributed by atoms with Gasteiger partial charge in [0, 0.05) is 50.2 Å². The Balaban J connectivity index is 1.26. The minimum atomic E-state index is -0.405. The zero-order valence-corrected chi connectivity index (χ0v) is 18.4. The standard InChI is InChI=1S/C22H27BrN4O3/c23-19-7-4-8-20(15-19)30-17-22(29)25-24-21(28)9-10-26-11-13-27(14-12-26)16-18-5-2-1-3-6-18/h1-8,15H,9-14,16-17H2,(H,24,28)(H,25,29). The van der Waals surface area contributed by atoms with Crippen molar-refractivity contribution in [3.05, 3.63) is 64.6 Å². The van der Waals surface area contributed by atoms with Crippen molar-refractivity contribution < 1.29 is 14.3 Å². The number of carbonyl (C=O) groups excluding carboxylic acids is 2. The van der Waals surface area contributed by atoms with Crippen molar-refractivity contribution in [3.63, 3.8) is 0 Å². The first-order valence-corrected chi connectivity index (χ1v) is 10.8. The summed E-state index contributed by atoms with van der Waals surface area (Å²) in [5, 5.41) is 0. The number of benzene rings is 2. The Morgan fingerprint density at radius 2 is 1.60 bits per heavy atom. The van der Waals surface area contributed by atoms with Crippen LogP contribution in [-0.2, 0) is 16.1 Å². The fraction of sp³-hybridized carbons (Fsp3) is 0.364. The first-order valence-electron chi connectivity index (χ1n) is 10.0. The zero-order valence-electron chi connectivity index (χ0n) is 16.9. The molecule has 7 nitrogen and oxygen atoms in total. The molecule has 0 radical (unpaired) electrons. The monoisotopic (exact) mass is 474 g/mol. The van der Waals surface area contributed by atoms with Crippen LogP contribution in [0, 0.1) is 0 Å². The van der Waals surface area contributed by atoms with Crippen molar-refractivity contribution in [1.29, 1.82) is 0 Å². The molecule has 1 heterocycles. The number of carbonyl (C=O) groups is 2. The number of nitrogens with one attached hydrogen (secondary N) is 2. The van der Waals surface area contributed by atoms with Gasteiger partial charge in [0.05, 0.1) is 0 Å². The van der Waals surface area contributed by atoms with Crippen molar-refractivity contribution in [1.82, 2.24) is 20.7 Å². The summed E-state index contributed by atoms with van der Waals surface area (Å²) >= 11 is 3.34. The van der Waals surface area contributed by atoms with Gasteiger partial charge in [-0.25, -0.2) is 0 Å². The summed E-state index contributed by atoms with van der Waals surface area (Å²) in [7, 11) is 0. The highest BCUT2D eigenvalue weighted by molar-refractivity contribution is 9.10. The Morgan fingerprint density at radius 1 is 0.900 bits per heavy atom. The van der Waals surface area contributed by atoms with Crippen LogP contribution >= 0.6 is 15.9 Å². The second-order valence-corrected chi connectivity index (χ2v) is 8.11. The minimum Gasteiger partial charge on any atom is -0.484 e. The number of halogens is 1. The van der Waals surface area contributed by atoms with E-state index in [1.165, 1.54) is 5.56 Å². The quantitative estimate of drug-likeness (QED) is 0.573. The molecule has 2 aromatic rings. The number of hydrogen-bond acceptors (Lipinski definition) is 5. The third-order valence-electron chi connectivity index (χ3n) is 4.88.